The highest BCUT2D eigenvalue weighted by molar-refractivity contribution is 5.78. The van der Waals surface area contributed by atoms with E-state index in [1.807, 2.05) is 13.8 Å². The number of carbonyl (C=O) groups excluding carboxylic acids is 2. The molecule has 0 radical (unpaired) electrons. The van der Waals surface area contributed by atoms with Gasteiger partial charge < -0.3 is 20.1 Å². The molecule has 0 unspecified atom stereocenters. The van der Waals surface area contributed by atoms with Crippen molar-refractivity contribution in [3.63, 3.8) is 0 Å². The maximum Gasteiger partial charge on any atom is 0.307 e. The van der Waals surface area contributed by atoms with Gasteiger partial charge in [-0.25, -0.2) is 0 Å². The summed E-state index contributed by atoms with van der Waals surface area (Å²) < 4.78 is 9.67. The van der Waals surface area contributed by atoms with E-state index in [1.54, 1.807) is 4.90 Å². The summed E-state index contributed by atoms with van der Waals surface area (Å²) in [6, 6.07) is 0. The lowest BCUT2D eigenvalue weighted by Gasteiger charge is -2.24. The molecule has 0 spiro atoms. The smallest absolute Gasteiger partial charge is 0.307 e. The normalized spacial score (nSPS) is 10.5. The zero-order valence-corrected chi connectivity index (χ0v) is 11.5. The van der Waals surface area contributed by atoms with Crippen LogP contribution >= 0.6 is 0 Å². The van der Waals surface area contributed by atoms with E-state index in [2.05, 4.69) is 4.74 Å². The van der Waals surface area contributed by atoms with Crippen molar-refractivity contribution in [1.82, 2.24) is 4.90 Å². The van der Waals surface area contributed by atoms with E-state index < -0.39 is 0 Å². The van der Waals surface area contributed by atoms with Gasteiger partial charge in [0.15, 0.2) is 0 Å². The Bertz CT molecular complexity index is 256. The number of hydrogen-bond acceptors (Lipinski definition) is 5. The first kappa shape index (κ1) is 16.9. The van der Waals surface area contributed by atoms with Crippen molar-refractivity contribution in [3.05, 3.63) is 0 Å². The predicted octanol–water partition coefficient (Wildman–Crippen LogP) is 0.00940. The van der Waals surface area contributed by atoms with Crippen LogP contribution < -0.4 is 5.73 Å². The standard InChI is InChI=1S/C12H24N2O4/c1-10(2)8-14(6-4-12(16)17-3)11(15)9-18-7-5-13/h10H,4-9,13H2,1-3H3. The topological polar surface area (TPSA) is 81.9 Å². The van der Waals surface area contributed by atoms with Crippen molar-refractivity contribution in [3.8, 4) is 0 Å². The average Bonchev–Trinajstić information content (AvgIpc) is 2.33. The Hall–Kier alpha value is -1.14. The molecule has 1 amide bonds. The van der Waals surface area contributed by atoms with Gasteiger partial charge in [-0.2, -0.15) is 0 Å². The molecule has 0 aromatic heterocycles. The number of esters is 1. The molecule has 0 heterocycles. The summed E-state index contributed by atoms with van der Waals surface area (Å²) in [6.07, 6.45) is 0.200. The summed E-state index contributed by atoms with van der Waals surface area (Å²) in [5, 5.41) is 0. The van der Waals surface area contributed by atoms with Crippen molar-refractivity contribution in [2.45, 2.75) is 20.3 Å². The van der Waals surface area contributed by atoms with Crippen LogP contribution in [0.2, 0.25) is 0 Å². The molecular formula is C12H24N2O4. The predicted molar refractivity (Wildman–Crippen MR) is 67.9 cm³/mol. The molecule has 106 valence electrons. The van der Waals surface area contributed by atoms with E-state index in [0.29, 0.717) is 32.2 Å². The number of carbonyl (C=O) groups is 2. The molecule has 0 aliphatic carbocycles. The number of ether oxygens (including phenoxy) is 2. The first-order valence-corrected chi connectivity index (χ1v) is 6.13. The number of nitrogens with two attached hydrogens (primary N) is 1. The van der Waals surface area contributed by atoms with Gasteiger partial charge >= 0.3 is 5.97 Å². The Labute approximate surface area is 108 Å². The number of amides is 1. The second kappa shape index (κ2) is 9.85. The van der Waals surface area contributed by atoms with Crippen LogP contribution in [-0.2, 0) is 19.1 Å². The summed E-state index contributed by atoms with van der Waals surface area (Å²) >= 11 is 0. The second-order valence-corrected chi connectivity index (χ2v) is 4.40. The molecule has 6 heteroatoms. The van der Waals surface area contributed by atoms with Crippen LogP contribution in [0.5, 0.6) is 0 Å². The third-order valence-electron chi connectivity index (χ3n) is 2.24. The molecule has 0 atom stereocenters. The lowest BCUT2D eigenvalue weighted by Crippen LogP contribution is -2.38. The molecule has 6 nitrogen and oxygen atoms in total. The molecule has 2 N–H and O–H groups in total. The SMILES string of the molecule is COC(=O)CCN(CC(C)C)C(=O)COCCN. The first-order chi connectivity index (χ1) is 8.51. The Morgan fingerprint density at radius 3 is 2.50 bits per heavy atom. The van der Waals surface area contributed by atoms with E-state index in [9.17, 15) is 9.59 Å². The monoisotopic (exact) mass is 260 g/mol. The Kier molecular flexibility index (Phi) is 9.22. The summed E-state index contributed by atoms with van der Waals surface area (Å²) in [6.45, 7) is 5.73. The molecule has 0 saturated carbocycles. The van der Waals surface area contributed by atoms with Gasteiger partial charge in [0.2, 0.25) is 5.91 Å². The van der Waals surface area contributed by atoms with Gasteiger partial charge in [-0.1, -0.05) is 13.8 Å². The summed E-state index contributed by atoms with van der Waals surface area (Å²) in [5.74, 6) is -0.110. The summed E-state index contributed by atoms with van der Waals surface area (Å²) in [7, 11) is 1.33. The molecule has 0 rings (SSSR count). The summed E-state index contributed by atoms with van der Waals surface area (Å²) in [4.78, 5) is 24.6. The number of methoxy groups -OCH3 is 1. The zero-order chi connectivity index (χ0) is 14.0. The van der Waals surface area contributed by atoms with Gasteiger partial charge in [-0.15, -0.1) is 0 Å². The highest BCUT2D eigenvalue weighted by atomic mass is 16.5. The van der Waals surface area contributed by atoms with E-state index in [1.165, 1.54) is 7.11 Å². The maximum absolute atomic E-state index is 11.9. The highest BCUT2D eigenvalue weighted by Gasteiger charge is 2.16. The molecule has 0 aliphatic heterocycles. The fourth-order valence-corrected chi connectivity index (χ4v) is 1.42. The minimum atomic E-state index is -0.320. The molecule has 0 saturated heterocycles. The minimum absolute atomic E-state index is 0.00505. The minimum Gasteiger partial charge on any atom is -0.469 e. The van der Waals surface area contributed by atoms with Gasteiger partial charge in [0.25, 0.3) is 0 Å². The second-order valence-electron chi connectivity index (χ2n) is 4.40. The lowest BCUT2D eigenvalue weighted by atomic mass is 10.2. The quantitative estimate of drug-likeness (QED) is 0.466. The number of hydrogen-bond donors (Lipinski definition) is 1. The van der Waals surface area contributed by atoms with E-state index >= 15 is 0 Å². The van der Waals surface area contributed by atoms with Crippen LogP contribution in [0.1, 0.15) is 20.3 Å². The van der Waals surface area contributed by atoms with Crippen LogP contribution in [-0.4, -0.2) is 56.7 Å². The first-order valence-electron chi connectivity index (χ1n) is 6.13. The third-order valence-corrected chi connectivity index (χ3v) is 2.24. The largest absolute Gasteiger partial charge is 0.469 e. The maximum atomic E-state index is 11.9. The van der Waals surface area contributed by atoms with E-state index in [4.69, 9.17) is 10.5 Å². The van der Waals surface area contributed by atoms with Gasteiger partial charge in [0, 0.05) is 19.6 Å². The van der Waals surface area contributed by atoms with Gasteiger partial charge in [-0.05, 0) is 5.92 Å². The molecule has 0 bridgehead atoms. The van der Waals surface area contributed by atoms with E-state index in [-0.39, 0.29) is 24.9 Å². The number of rotatable bonds is 9. The van der Waals surface area contributed by atoms with Crippen LogP contribution in [0.3, 0.4) is 0 Å². The molecule has 0 aromatic rings. The Morgan fingerprint density at radius 1 is 1.33 bits per heavy atom. The molecule has 0 fully saturated rings. The van der Waals surface area contributed by atoms with Gasteiger partial charge in [-0.3, -0.25) is 9.59 Å². The lowest BCUT2D eigenvalue weighted by molar-refractivity contribution is -0.142. The highest BCUT2D eigenvalue weighted by Crippen LogP contribution is 2.02. The third kappa shape index (κ3) is 8.03. The van der Waals surface area contributed by atoms with E-state index in [0.717, 1.165) is 0 Å². The van der Waals surface area contributed by atoms with Crippen LogP contribution in [0.4, 0.5) is 0 Å². The molecule has 0 aromatic carbocycles. The van der Waals surface area contributed by atoms with Crippen LogP contribution in [0, 0.1) is 5.92 Å². The zero-order valence-electron chi connectivity index (χ0n) is 11.5. The van der Waals surface area contributed by atoms with Crippen molar-refractivity contribution in [2.75, 3.05) is 40.0 Å². The van der Waals surface area contributed by atoms with Gasteiger partial charge in [0.1, 0.15) is 6.61 Å². The number of nitrogens with zero attached hydrogens (tertiary/aromatic N) is 1. The Balaban J connectivity index is 4.19. The fourth-order valence-electron chi connectivity index (χ4n) is 1.42. The van der Waals surface area contributed by atoms with Gasteiger partial charge in [0.05, 0.1) is 20.1 Å². The van der Waals surface area contributed by atoms with Crippen molar-refractivity contribution in [1.29, 1.82) is 0 Å². The van der Waals surface area contributed by atoms with Crippen LogP contribution in [0.25, 0.3) is 0 Å². The molecule has 18 heavy (non-hydrogen) atoms. The van der Waals surface area contributed by atoms with Crippen molar-refractivity contribution < 1.29 is 19.1 Å². The molecule has 0 aliphatic rings. The molecular weight excluding hydrogens is 236 g/mol. The summed E-state index contributed by atoms with van der Waals surface area (Å²) in [5.41, 5.74) is 5.28. The average molecular weight is 260 g/mol. The van der Waals surface area contributed by atoms with Crippen molar-refractivity contribution in [2.24, 2.45) is 11.7 Å². The van der Waals surface area contributed by atoms with Crippen LogP contribution in [0.15, 0.2) is 0 Å². The Morgan fingerprint density at radius 2 is 2.00 bits per heavy atom. The fraction of sp³-hybridized carbons (Fsp3) is 0.833. The van der Waals surface area contributed by atoms with Crippen molar-refractivity contribution >= 4 is 11.9 Å².